The Morgan fingerprint density at radius 2 is 1.88 bits per heavy atom. The van der Waals surface area contributed by atoms with Crippen molar-refractivity contribution < 1.29 is 4.79 Å². The third kappa shape index (κ3) is 6.23. The van der Waals surface area contributed by atoms with Gasteiger partial charge in [0, 0.05) is 28.9 Å². The second kappa shape index (κ2) is 9.84. The van der Waals surface area contributed by atoms with Crippen LogP contribution in [0.2, 0.25) is 0 Å². The summed E-state index contributed by atoms with van der Waals surface area (Å²) in [5, 5.41) is 7.04. The quantitative estimate of drug-likeness (QED) is 0.520. The monoisotopic (exact) mass is 402 g/mol. The van der Waals surface area contributed by atoms with Crippen molar-refractivity contribution in [2.24, 2.45) is 5.10 Å². The van der Waals surface area contributed by atoms with Crippen molar-refractivity contribution in [2.75, 3.05) is 29.9 Å². The number of rotatable bonds is 8. The molecule has 0 radical (unpaired) electrons. The van der Waals surface area contributed by atoms with Crippen LogP contribution in [0.5, 0.6) is 0 Å². The van der Waals surface area contributed by atoms with Gasteiger partial charge in [-0.3, -0.25) is 4.79 Å². The normalized spacial score (nSPS) is 10.7. The molecule has 0 spiro atoms. The van der Waals surface area contributed by atoms with Gasteiger partial charge in [-0.15, -0.1) is 0 Å². The van der Waals surface area contributed by atoms with Crippen LogP contribution in [-0.4, -0.2) is 31.8 Å². The molecule has 0 aliphatic carbocycles. The van der Waals surface area contributed by atoms with Gasteiger partial charge in [-0.2, -0.15) is 5.10 Å². The highest BCUT2D eigenvalue weighted by Gasteiger charge is 2.01. The van der Waals surface area contributed by atoms with E-state index in [-0.39, 0.29) is 12.5 Å². The average Bonchev–Trinajstić information content (AvgIpc) is 2.62. The van der Waals surface area contributed by atoms with Crippen molar-refractivity contribution in [3.05, 3.63) is 58.6 Å². The predicted octanol–water partition coefficient (Wildman–Crippen LogP) is 3.86. The summed E-state index contributed by atoms with van der Waals surface area (Å²) in [6, 6.07) is 15.8. The van der Waals surface area contributed by atoms with Crippen molar-refractivity contribution in [3.8, 4) is 0 Å². The standard InChI is InChI=1S/C19H23BrN4O/c1-3-24(4-2)18-10-8-15(9-11-18)13-22-23-19(25)14-21-17-7-5-6-16(20)12-17/h5-13,21H,3-4,14H2,1-2H3,(H,23,25)/b22-13-. The molecule has 2 rings (SSSR count). The van der Waals surface area contributed by atoms with E-state index in [1.165, 1.54) is 5.69 Å². The van der Waals surface area contributed by atoms with Crippen LogP contribution in [-0.2, 0) is 4.79 Å². The van der Waals surface area contributed by atoms with Crippen LogP contribution in [0.4, 0.5) is 11.4 Å². The molecule has 2 N–H and O–H groups in total. The van der Waals surface area contributed by atoms with Crippen molar-refractivity contribution >= 4 is 39.4 Å². The summed E-state index contributed by atoms with van der Waals surface area (Å²) < 4.78 is 0.962. The number of hydrogen-bond donors (Lipinski definition) is 2. The van der Waals surface area contributed by atoms with Crippen LogP contribution in [0.25, 0.3) is 0 Å². The summed E-state index contributed by atoms with van der Waals surface area (Å²) >= 11 is 3.39. The lowest BCUT2D eigenvalue weighted by atomic mass is 10.2. The third-order valence-corrected chi connectivity index (χ3v) is 4.20. The van der Waals surface area contributed by atoms with E-state index in [1.54, 1.807) is 6.21 Å². The maximum atomic E-state index is 11.8. The highest BCUT2D eigenvalue weighted by Crippen LogP contribution is 2.15. The van der Waals surface area contributed by atoms with Crippen molar-refractivity contribution in [1.29, 1.82) is 0 Å². The molecule has 0 aromatic heterocycles. The lowest BCUT2D eigenvalue weighted by Gasteiger charge is -2.20. The number of anilines is 2. The molecule has 0 heterocycles. The van der Waals surface area contributed by atoms with Crippen LogP contribution in [0.1, 0.15) is 19.4 Å². The van der Waals surface area contributed by atoms with Gasteiger partial charge in [-0.25, -0.2) is 5.43 Å². The molecular formula is C19H23BrN4O. The summed E-state index contributed by atoms with van der Waals surface area (Å²) in [5.74, 6) is -0.198. The number of hydrogen-bond acceptors (Lipinski definition) is 4. The topological polar surface area (TPSA) is 56.7 Å². The molecule has 2 aromatic carbocycles. The molecule has 0 bridgehead atoms. The molecule has 2 aromatic rings. The molecule has 1 amide bonds. The first-order valence-corrected chi connectivity index (χ1v) is 9.08. The van der Waals surface area contributed by atoms with E-state index >= 15 is 0 Å². The molecule has 0 atom stereocenters. The molecule has 0 saturated carbocycles. The fourth-order valence-electron chi connectivity index (χ4n) is 2.36. The van der Waals surface area contributed by atoms with Gasteiger partial charge in [0.15, 0.2) is 0 Å². The summed E-state index contributed by atoms with van der Waals surface area (Å²) in [6.07, 6.45) is 1.64. The number of nitrogens with one attached hydrogen (secondary N) is 2. The number of benzene rings is 2. The van der Waals surface area contributed by atoms with Gasteiger partial charge >= 0.3 is 0 Å². The third-order valence-electron chi connectivity index (χ3n) is 3.70. The van der Waals surface area contributed by atoms with Crippen LogP contribution in [0.15, 0.2) is 58.1 Å². The SMILES string of the molecule is CCN(CC)c1ccc(/C=N\NC(=O)CNc2cccc(Br)c2)cc1. The molecule has 0 fully saturated rings. The highest BCUT2D eigenvalue weighted by atomic mass is 79.9. The van der Waals surface area contributed by atoms with Gasteiger partial charge in [0.1, 0.15) is 0 Å². The lowest BCUT2D eigenvalue weighted by molar-refractivity contribution is -0.119. The summed E-state index contributed by atoms with van der Waals surface area (Å²) in [4.78, 5) is 14.1. The summed E-state index contributed by atoms with van der Waals surface area (Å²) in [7, 11) is 0. The van der Waals surface area contributed by atoms with E-state index in [4.69, 9.17) is 0 Å². The van der Waals surface area contributed by atoms with Crippen LogP contribution in [0.3, 0.4) is 0 Å². The summed E-state index contributed by atoms with van der Waals surface area (Å²) in [5.41, 5.74) is 5.52. The maximum absolute atomic E-state index is 11.8. The Hall–Kier alpha value is -2.34. The predicted molar refractivity (Wildman–Crippen MR) is 108 cm³/mol. The Morgan fingerprint density at radius 3 is 2.52 bits per heavy atom. The largest absolute Gasteiger partial charge is 0.376 e. The Labute approximate surface area is 157 Å². The number of carbonyl (C=O) groups excluding carboxylic acids is 1. The smallest absolute Gasteiger partial charge is 0.259 e. The first-order valence-electron chi connectivity index (χ1n) is 8.28. The summed E-state index contributed by atoms with van der Waals surface area (Å²) in [6.45, 7) is 6.39. The zero-order chi connectivity index (χ0) is 18.1. The number of nitrogens with zero attached hydrogens (tertiary/aromatic N) is 2. The number of carbonyl (C=O) groups is 1. The molecule has 5 nitrogen and oxygen atoms in total. The van der Waals surface area contributed by atoms with Crippen molar-refractivity contribution in [1.82, 2.24) is 5.43 Å². The van der Waals surface area contributed by atoms with Gasteiger partial charge in [-0.1, -0.05) is 34.1 Å². The molecule has 0 unspecified atom stereocenters. The molecule has 0 aliphatic heterocycles. The first-order chi connectivity index (χ1) is 12.1. The molecule has 132 valence electrons. The molecule has 25 heavy (non-hydrogen) atoms. The highest BCUT2D eigenvalue weighted by molar-refractivity contribution is 9.10. The van der Waals surface area contributed by atoms with Gasteiger partial charge in [0.05, 0.1) is 12.8 Å². The lowest BCUT2D eigenvalue weighted by Crippen LogP contribution is -2.25. The molecule has 0 saturated heterocycles. The zero-order valence-corrected chi connectivity index (χ0v) is 16.1. The minimum Gasteiger partial charge on any atom is -0.376 e. The van der Waals surface area contributed by atoms with Crippen LogP contribution in [0, 0.1) is 0 Å². The Morgan fingerprint density at radius 1 is 1.16 bits per heavy atom. The van der Waals surface area contributed by atoms with E-state index < -0.39 is 0 Å². The zero-order valence-electron chi connectivity index (χ0n) is 14.5. The molecule has 0 aliphatic rings. The van der Waals surface area contributed by atoms with Gasteiger partial charge in [0.2, 0.25) is 0 Å². The Balaban J connectivity index is 1.80. The minimum absolute atomic E-state index is 0.161. The van der Waals surface area contributed by atoms with E-state index in [0.29, 0.717) is 0 Å². The molecule has 6 heteroatoms. The van der Waals surface area contributed by atoms with Crippen LogP contribution >= 0.6 is 15.9 Å². The number of amides is 1. The van der Waals surface area contributed by atoms with E-state index in [9.17, 15) is 4.79 Å². The van der Waals surface area contributed by atoms with E-state index in [2.05, 4.69) is 62.7 Å². The second-order valence-electron chi connectivity index (χ2n) is 5.42. The van der Waals surface area contributed by atoms with E-state index in [1.807, 2.05) is 36.4 Å². The second-order valence-corrected chi connectivity index (χ2v) is 6.34. The fraction of sp³-hybridized carbons (Fsp3) is 0.263. The van der Waals surface area contributed by atoms with E-state index in [0.717, 1.165) is 28.8 Å². The first kappa shape index (κ1) is 19.0. The number of halogens is 1. The van der Waals surface area contributed by atoms with Crippen molar-refractivity contribution in [2.45, 2.75) is 13.8 Å². The van der Waals surface area contributed by atoms with Gasteiger partial charge in [0.25, 0.3) is 5.91 Å². The Kier molecular flexibility index (Phi) is 7.47. The average molecular weight is 403 g/mol. The van der Waals surface area contributed by atoms with Gasteiger partial charge < -0.3 is 10.2 Å². The number of hydrazone groups is 1. The van der Waals surface area contributed by atoms with Crippen molar-refractivity contribution in [3.63, 3.8) is 0 Å². The van der Waals surface area contributed by atoms with Gasteiger partial charge in [-0.05, 0) is 49.7 Å². The minimum atomic E-state index is -0.198. The molecular weight excluding hydrogens is 380 g/mol. The fourth-order valence-corrected chi connectivity index (χ4v) is 2.76. The maximum Gasteiger partial charge on any atom is 0.259 e. The van der Waals surface area contributed by atoms with Crippen LogP contribution < -0.4 is 15.6 Å². The Bertz CT molecular complexity index is 712.